The van der Waals surface area contributed by atoms with Crippen LogP contribution in [-0.4, -0.2) is 17.2 Å². The molecule has 4 rings (SSSR count). The predicted octanol–water partition coefficient (Wildman–Crippen LogP) is 4.46. The van der Waals surface area contributed by atoms with Crippen LogP contribution in [0.5, 0.6) is 5.75 Å². The van der Waals surface area contributed by atoms with Gasteiger partial charge in [-0.3, -0.25) is 4.79 Å². The number of carbonyl (C=O) groups is 1. The van der Waals surface area contributed by atoms with E-state index in [1.807, 2.05) is 66.7 Å². The van der Waals surface area contributed by atoms with Crippen LogP contribution in [0.2, 0.25) is 0 Å². The molecule has 26 heavy (non-hydrogen) atoms. The number of benzene rings is 4. The summed E-state index contributed by atoms with van der Waals surface area (Å²) in [7, 11) is 0. The van der Waals surface area contributed by atoms with E-state index in [0.717, 1.165) is 21.5 Å². The zero-order valence-corrected chi connectivity index (χ0v) is 13.9. The first-order valence-corrected chi connectivity index (χ1v) is 8.26. The fraction of sp³-hybridized carbons (Fsp3) is 0. The maximum absolute atomic E-state index is 12.5. The Morgan fingerprint density at radius 3 is 2.27 bits per heavy atom. The van der Waals surface area contributed by atoms with Crippen molar-refractivity contribution in [2.45, 2.75) is 0 Å². The summed E-state index contributed by atoms with van der Waals surface area (Å²) >= 11 is 0. The second kappa shape index (κ2) is 6.69. The molecule has 4 nitrogen and oxygen atoms in total. The van der Waals surface area contributed by atoms with Gasteiger partial charge in [0.25, 0.3) is 5.91 Å². The fourth-order valence-electron chi connectivity index (χ4n) is 3.06. The van der Waals surface area contributed by atoms with E-state index in [4.69, 9.17) is 0 Å². The first kappa shape index (κ1) is 15.8. The van der Waals surface area contributed by atoms with Gasteiger partial charge in [0.15, 0.2) is 0 Å². The zero-order valence-electron chi connectivity index (χ0n) is 13.9. The van der Waals surface area contributed by atoms with Crippen LogP contribution in [0.4, 0.5) is 0 Å². The quantitative estimate of drug-likeness (QED) is 0.427. The normalized spacial score (nSPS) is 11.2. The van der Waals surface area contributed by atoms with Gasteiger partial charge >= 0.3 is 0 Å². The highest BCUT2D eigenvalue weighted by Gasteiger charge is 2.09. The minimum atomic E-state index is -0.294. The summed E-state index contributed by atoms with van der Waals surface area (Å²) in [5, 5.41) is 17.9. The summed E-state index contributed by atoms with van der Waals surface area (Å²) < 4.78 is 0. The number of fused-ring (bicyclic) bond motifs is 2. The van der Waals surface area contributed by atoms with E-state index in [9.17, 15) is 9.90 Å². The van der Waals surface area contributed by atoms with Crippen LogP contribution >= 0.6 is 0 Å². The smallest absolute Gasteiger partial charge is 0.271 e. The number of phenols is 1. The number of hydrazone groups is 1. The molecule has 0 bridgehead atoms. The molecule has 4 heteroatoms. The summed E-state index contributed by atoms with van der Waals surface area (Å²) in [5.74, 6) is -0.176. The van der Waals surface area contributed by atoms with Crippen molar-refractivity contribution < 1.29 is 9.90 Å². The van der Waals surface area contributed by atoms with Gasteiger partial charge in [-0.1, -0.05) is 66.7 Å². The third kappa shape index (κ3) is 2.89. The second-order valence-corrected chi connectivity index (χ2v) is 5.95. The Kier molecular flexibility index (Phi) is 4.07. The maximum Gasteiger partial charge on any atom is 0.271 e. The van der Waals surface area contributed by atoms with Gasteiger partial charge in [0.05, 0.1) is 6.21 Å². The monoisotopic (exact) mass is 340 g/mol. The van der Waals surface area contributed by atoms with Crippen LogP contribution in [0.1, 0.15) is 15.9 Å². The number of nitrogens with zero attached hydrogens (tertiary/aromatic N) is 1. The molecule has 4 aromatic carbocycles. The molecule has 0 spiro atoms. The van der Waals surface area contributed by atoms with E-state index in [1.165, 1.54) is 6.21 Å². The first-order chi connectivity index (χ1) is 12.7. The number of hydrogen-bond donors (Lipinski definition) is 2. The lowest BCUT2D eigenvalue weighted by Gasteiger charge is -2.06. The molecule has 0 aliphatic rings. The molecule has 1 amide bonds. The number of carbonyl (C=O) groups excluding carboxylic acids is 1. The summed E-state index contributed by atoms with van der Waals surface area (Å²) in [4.78, 5) is 12.5. The Labute approximate surface area is 150 Å². The summed E-state index contributed by atoms with van der Waals surface area (Å²) in [6, 6.07) is 24.4. The molecule has 0 saturated heterocycles. The molecule has 126 valence electrons. The average Bonchev–Trinajstić information content (AvgIpc) is 2.69. The number of phenolic OH excluding ortho intramolecular Hbond substituents is 1. The molecule has 0 fully saturated rings. The van der Waals surface area contributed by atoms with Crippen molar-refractivity contribution in [1.82, 2.24) is 5.43 Å². The van der Waals surface area contributed by atoms with E-state index < -0.39 is 0 Å². The van der Waals surface area contributed by atoms with Crippen molar-refractivity contribution in [1.29, 1.82) is 0 Å². The number of amides is 1. The number of hydrogen-bond acceptors (Lipinski definition) is 3. The molecule has 0 radical (unpaired) electrons. The summed E-state index contributed by atoms with van der Waals surface area (Å²) in [5.41, 5.74) is 3.68. The van der Waals surface area contributed by atoms with Crippen LogP contribution in [-0.2, 0) is 0 Å². The van der Waals surface area contributed by atoms with Crippen LogP contribution in [0.15, 0.2) is 84.0 Å². The largest absolute Gasteiger partial charge is 0.507 e. The van der Waals surface area contributed by atoms with Crippen molar-refractivity contribution >= 4 is 33.7 Å². The average molecular weight is 340 g/mol. The summed E-state index contributed by atoms with van der Waals surface area (Å²) in [6.45, 7) is 0. The minimum absolute atomic E-state index is 0.117. The molecule has 0 atom stereocenters. The van der Waals surface area contributed by atoms with Gasteiger partial charge in [-0.05, 0) is 33.7 Å². The standard InChI is InChI=1S/C22H16N2O2/c25-21-13-12-16-7-2-4-10-18(16)20(21)14-23-24-22(26)19-11-5-8-15-6-1-3-9-17(15)19/h1-14,25H,(H,24,26)/b23-14+. The lowest BCUT2D eigenvalue weighted by atomic mass is 10.0. The number of nitrogens with one attached hydrogen (secondary N) is 1. The molecule has 0 aromatic heterocycles. The van der Waals surface area contributed by atoms with Crippen molar-refractivity contribution in [3.63, 3.8) is 0 Å². The lowest BCUT2D eigenvalue weighted by molar-refractivity contribution is 0.0957. The Hall–Kier alpha value is -3.66. The van der Waals surface area contributed by atoms with Crippen LogP contribution in [0.25, 0.3) is 21.5 Å². The molecule has 0 aliphatic heterocycles. The topological polar surface area (TPSA) is 61.7 Å². The minimum Gasteiger partial charge on any atom is -0.507 e. The SMILES string of the molecule is O=C(N/N=C/c1c(O)ccc2ccccc12)c1cccc2ccccc12. The molecule has 2 N–H and O–H groups in total. The van der Waals surface area contributed by atoms with Crippen LogP contribution in [0, 0.1) is 0 Å². The molecular weight excluding hydrogens is 324 g/mol. The predicted molar refractivity (Wildman–Crippen MR) is 105 cm³/mol. The molecule has 0 saturated carbocycles. The third-order valence-electron chi connectivity index (χ3n) is 4.34. The Balaban J connectivity index is 1.63. The van der Waals surface area contributed by atoms with Gasteiger partial charge in [-0.2, -0.15) is 5.10 Å². The third-order valence-corrected chi connectivity index (χ3v) is 4.34. The number of rotatable bonds is 3. The number of aromatic hydroxyl groups is 1. The first-order valence-electron chi connectivity index (χ1n) is 8.26. The highest BCUT2D eigenvalue weighted by atomic mass is 16.3. The van der Waals surface area contributed by atoms with Crippen molar-refractivity contribution in [3.05, 3.63) is 90.0 Å². The second-order valence-electron chi connectivity index (χ2n) is 5.95. The van der Waals surface area contributed by atoms with Gasteiger partial charge in [0, 0.05) is 11.1 Å². The van der Waals surface area contributed by atoms with E-state index >= 15 is 0 Å². The van der Waals surface area contributed by atoms with Gasteiger partial charge < -0.3 is 5.11 Å². The Bertz CT molecular complexity index is 1140. The van der Waals surface area contributed by atoms with E-state index in [1.54, 1.807) is 12.1 Å². The highest BCUT2D eigenvalue weighted by Crippen LogP contribution is 2.25. The van der Waals surface area contributed by atoms with Crippen molar-refractivity contribution in [3.8, 4) is 5.75 Å². The molecular formula is C22H16N2O2. The lowest BCUT2D eigenvalue weighted by Crippen LogP contribution is -2.17. The van der Waals surface area contributed by atoms with E-state index in [-0.39, 0.29) is 11.7 Å². The van der Waals surface area contributed by atoms with Crippen LogP contribution < -0.4 is 5.43 Å². The molecule has 4 aromatic rings. The maximum atomic E-state index is 12.5. The Morgan fingerprint density at radius 2 is 1.46 bits per heavy atom. The molecule has 0 heterocycles. The summed E-state index contributed by atoms with van der Waals surface area (Å²) in [6.07, 6.45) is 1.47. The van der Waals surface area contributed by atoms with Crippen molar-refractivity contribution in [2.24, 2.45) is 5.10 Å². The molecule has 0 aliphatic carbocycles. The fourth-order valence-corrected chi connectivity index (χ4v) is 3.06. The van der Waals surface area contributed by atoms with E-state index in [2.05, 4.69) is 10.5 Å². The van der Waals surface area contributed by atoms with Gasteiger partial charge in [0.2, 0.25) is 0 Å². The van der Waals surface area contributed by atoms with Gasteiger partial charge in [0.1, 0.15) is 5.75 Å². The van der Waals surface area contributed by atoms with Gasteiger partial charge in [-0.15, -0.1) is 0 Å². The molecule has 0 unspecified atom stereocenters. The van der Waals surface area contributed by atoms with E-state index in [0.29, 0.717) is 11.1 Å². The van der Waals surface area contributed by atoms with Gasteiger partial charge in [-0.25, -0.2) is 5.43 Å². The highest BCUT2D eigenvalue weighted by molar-refractivity contribution is 6.07. The Morgan fingerprint density at radius 1 is 0.808 bits per heavy atom. The van der Waals surface area contributed by atoms with Crippen LogP contribution in [0.3, 0.4) is 0 Å². The van der Waals surface area contributed by atoms with Crippen molar-refractivity contribution in [2.75, 3.05) is 0 Å². The zero-order chi connectivity index (χ0) is 17.9.